The predicted octanol–water partition coefficient (Wildman–Crippen LogP) is 4.86. The molecule has 3 rings (SSSR count). The molecule has 0 bridgehead atoms. The highest BCUT2D eigenvalue weighted by Gasteiger charge is 2.42. The maximum atomic E-state index is 13.0. The van der Waals surface area contributed by atoms with Crippen LogP contribution in [0.1, 0.15) is 65.7 Å². The van der Waals surface area contributed by atoms with Crippen molar-refractivity contribution in [2.45, 2.75) is 77.4 Å². The average molecular weight is 403 g/mol. The number of carbonyl (C=O) groups excluding carboxylic acids is 1. The molecule has 1 amide bonds. The van der Waals surface area contributed by atoms with E-state index in [0.29, 0.717) is 25.2 Å². The smallest absolute Gasteiger partial charge is 0.256 e. The minimum atomic E-state index is -0.688. The second-order valence-corrected chi connectivity index (χ2v) is 8.84. The summed E-state index contributed by atoms with van der Waals surface area (Å²) in [4.78, 5) is 15.5. The molecule has 1 aromatic carbocycles. The van der Waals surface area contributed by atoms with Gasteiger partial charge in [0.1, 0.15) is 18.0 Å². The van der Waals surface area contributed by atoms with Gasteiger partial charge in [-0.3, -0.25) is 9.69 Å². The van der Waals surface area contributed by atoms with E-state index in [1.807, 2.05) is 31.2 Å². The molecular formula is C24H38N2O3. The van der Waals surface area contributed by atoms with Gasteiger partial charge in [-0.2, -0.15) is 0 Å². The third-order valence-corrected chi connectivity index (χ3v) is 6.49. The third-order valence-electron chi connectivity index (χ3n) is 6.49. The molecule has 5 heteroatoms. The van der Waals surface area contributed by atoms with Gasteiger partial charge in [0.05, 0.1) is 0 Å². The largest absolute Gasteiger partial charge is 0.492 e. The first-order chi connectivity index (χ1) is 14.0. The van der Waals surface area contributed by atoms with Crippen LogP contribution in [0, 0.1) is 5.92 Å². The van der Waals surface area contributed by atoms with E-state index in [1.165, 1.54) is 32.2 Å². The van der Waals surface area contributed by atoms with Gasteiger partial charge in [-0.05, 0) is 82.7 Å². The van der Waals surface area contributed by atoms with Crippen molar-refractivity contribution in [3.05, 3.63) is 24.3 Å². The highest BCUT2D eigenvalue weighted by atomic mass is 16.5. The number of anilines is 1. The first-order valence-corrected chi connectivity index (χ1v) is 11.4. The van der Waals surface area contributed by atoms with E-state index < -0.39 is 5.60 Å². The van der Waals surface area contributed by atoms with Crippen LogP contribution in [0.15, 0.2) is 24.3 Å². The Kier molecular flexibility index (Phi) is 7.96. The highest BCUT2D eigenvalue weighted by Crippen LogP contribution is 2.36. The Bertz CT molecular complexity index is 644. The van der Waals surface area contributed by atoms with Crippen LogP contribution < -0.4 is 10.1 Å². The lowest BCUT2D eigenvalue weighted by Crippen LogP contribution is -2.48. The van der Waals surface area contributed by atoms with Crippen molar-refractivity contribution < 1.29 is 14.3 Å². The average Bonchev–Trinajstić information content (AvgIpc) is 2.71. The first kappa shape index (κ1) is 22.1. The van der Waals surface area contributed by atoms with Gasteiger partial charge in [-0.15, -0.1) is 0 Å². The standard InChI is InChI=1S/C24H38N2O3/c1-4-29-24(14-7-8-19(2)18-24)23(27)25-21-10-12-22(13-11-21)28-17-16-26-15-6-5-9-20(26)3/h10-13,19-20H,4-9,14-18H2,1-3H3,(H,25,27)/t19-,20+,24+/m1/s1. The summed E-state index contributed by atoms with van der Waals surface area (Å²) in [7, 11) is 0. The van der Waals surface area contributed by atoms with Gasteiger partial charge in [0, 0.05) is 24.9 Å². The van der Waals surface area contributed by atoms with E-state index in [0.717, 1.165) is 37.2 Å². The molecule has 0 aromatic heterocycles. The number of benzene rings is 1. The first-order valence-electron chi connectivity index (χ1n) is 11.4. The van der Waals surface area contributed by atoms with Crippen molar-refractivity contribution >= 4 is 11.6 Å². The lowest BCUT2D eigenvalue weighted by Gasteiger charge is -2.38. The summed E-state index contributed by atoms with van der Waals surface area (Å²) in [5.41, 5.74) is 0.108. The van der Waals surface area contributed by atoms with Crippen LogP contribution in [0.3, 0.4) is 0 Å². The number of nitrogens with zero attached hydrogens (tertiary/aromatic N) is 1. The van der Waals surface area contributed by atoms with Gasteiger partial charge >= 0.3 is 0 Å². The highest BCUT2D eigenvalue weighted by molar-refractivity contribution is 5.97. The number of carbonyl (C=O) groups is 1. The Morgan fingerprint density at radius 1 is 1.17 bits per heavy atom. The third kappa shape index (κ3) is 5.95. The van der Waals surface area contributed by atoms with Gasteiger partial charge in [-0.25, -0.2) is 0 Å². The second kappa shape index (κ2) is 10.4. The number of hydrogen-bond acceptors (Lipinski definition) is 4. The van der Waals surface area contributed by atoms with Crippen molar-refractivity contribution in [3.63, 3.8) is 0 Å². The molecule has 1 aliphatic carbocycles. The van der Waals surface area contributed by atoms with Crippen LogP contribution >= 0.6 is 0 Å². The molecule has 0 spiro atoms. The van der Waals surface area contributed by atoms with Crippen LogP contribution in [0.25, 0.3) is 0 Å². The van der Waals surface area contributed by atoms with E-state index in [4.69, 9.17) is 9.47 Å². The van der Waals surface area contributed by atoms with Crippen LogP contribution in [0.4, 0.5) is 5.69 Å². The zero-order valence-corrected chi connectivity index (χ0v) is 18.4. The lowest BCUT2D eigenvalue weighted by molar-refractivity contribution is -0.147. The topological polar surface area (TPSA) is 50.8 Å². The van der Waals surface area contributed by atoms with E-state index in [9.17, 15) is 4.79 Å². The SMILES string of the molecule is CCO[C@@]1(C(=O)Nc2ccc(OCCN3CCCC[C@@H]3C)cc2)CCC[C@@H](C)C1. The van der Waals surface area contributed by atoms with E-state index in [2.05, 4.69) is 24.1 Å². The maximum absolute atomic E-state index is 13.0. The minimum Gasteiger partial charge on any atom is -0.492 e. The monoisotopic (exact) mass is 402 g/mol. The van der Waals surface area contributed by atoms with Gasteiger partial charge in [0.25, 0.3) is 5.91 Å². The zero-order chi connectivity index (χ0) is 20.7. The molecule has 1 aliphatic heterocycles. The van der Waals surface area contributed by atoms with E-state index in [1.54, 1.807) is 0 Å². The van der Waals surface area contributed by atoms with Crippen molar-refractivity contribution in [1.29, 1.82) is 0 Å². The zero-order valence-electron chi connectivity index (χ0n) is 18.4. The molecule has 0 radical (unpaired) electrons. The molecular weight excluding hydrogens is 364 g/mol. The van der Waals surface area contributed by atoms with Crippen molar-refractivity contribution in [1.82, 2.24) is 4.90 Å². The summed E-state index contributed by atoms with van der Waals surface area (Å²) >= 11 is 0. The molecule has 1 heterocycles. The van der Waals surface area contributed by atoms with Gasteiger partial charge < -0.3 is 14.8 Å². The maximum Gasteiger partial charge on any atom is 0.256 e. The van der Waals surface area contributed by atoms with Crippen LogP contribution in [-0.2, 0) is 9.53 Å². The van der Waals surface area contributed by atoms with Gasteiger partial charge in [0.2, 0.25) is 0 Å². The molecule has 1 saturated carbocycles. The summed E-state index contributed by atoms with van der Waals surface area (Å²) in [5, 5.41) is 3.07. The molecule has 0 unspecified atom stereocenters. The minimum absolute atomic E-state index is 0.0151. The Morgan fingerprint density at radius 3 is 2.66 bits per heavy atom. The molecule has 5 nitrogen and oxygen atoms in total. The predicted molar refractivity (Wildman–Crippen MR) is 117 cm³/mol. The Morgan fingerprint density at radius 2 is 1.97 bits per heavy atom. The van der Waals surface area contributed by atoms with Crippen LogP contribution in [0.5, 0.6) is 5.75 Å². The fourth-order valence-corrected chi connectivity index (χ4v) is 4.83. The number of amides is 1. The number of piperidine rings is 1. The Labute approximate surface area is 176 Å². The molecule has 1 N–H and O–H groups in total. The normalized spacial score (nSPS) is 28.1. The number of rotatable bonds is 8. The summed E-state index contributed by atoms with van der Waals surface area (Å²) in [6, 6.07) is 8.37. The van der Waals surface area contributed by atoms with Crippen molar-refractivity contribution in [2.75, 3.05) is 31.6 Å². The summed E-state index contributed by atoms with van der Waals surface area (Å²) in [5.74, 6) is 1.34. The van der Waals surface area contributed by atoms with Gasteiger partial charge in [0.15, 0.2) is 0 Å². The molecule has 2 fully saturated rings. The summed E-state index contributed by atoms with van der Waals surface area (Å²) in [6.45, 7) is 9.87. The van der Waals surface area contributed by atoms with Crippen LogP contribution in [-0.4, -0.2) is 48.8 Å². The Balaban J connectivity index is 1.50. The fraction of sp³-hybridized carbons (Fsp3) is 0.708. The fourth-order valence-electron chi connectivity index (χ4n) is 4.83. The van der Waals surface area contributed by atoms with Crippen molar-refractivity contribution in [3.8, 4) is 5.75 Å². The summed E-state index contributed by atoms with van der Waals surface area (Å²) < 4.78 is 11.9. The van der Waals surface area contributed by atoms with Crippen molar-refractivity contribution in [2.24, 2.45) is 5.92 Å². The molecule has 2 aliphatic rings. The molecule has 1 aromatic rings. The molecule has 1 saturated heterocycles. The van der Waals surface area contributed by atoms with Gasteiger partial charge in [-0.1, -0.05) is 19.8 Å². The lowest BCUT2D eigenvalue weighted by atomic mass is 9.78. The van der Waals surface area contributed by atoms with E-state index >= 15 is 0 Å². The van der Waals surface area contributed by atoms with E-state index in [-0.39, 0.29) is 5.91 Å². The Hall–Kier alpha value is -1.59. The second-order valence-electron chi connectivity index (χ2n) is 8.84. The number of nitrogens with one attached hydrogen (secondary N) is 1. The molecule has 29 heavy (non-hydrogen) atoms. The number of ether oxygens (including phenoxy) is 2. The quantitative estimate of drug-likeness (QED) is 0.674. The molecule has 162 valence electrons. The molecule has 3 atom stereocenters. The number of likely N-dealkylation sites (tertiary alicyclic amines) is 1. The summed E-state index contributed by atoms with van der Waals surface area (Å²) in [6.07, 6.45) is 7.73. The van der Waals surface area contributed by atoms with Crippen LogP contribution in [0.2, 0.25) is 0 Å². The number of hydrogen-bond donors (Lipinski definition) is 1.